The summed E-state index contributed by atoms with van der Waals surface area (Å²) in [5, 5.41) is 17.7. The minimum atomic E-state index is -0.402. The van der Waals surface area contributed by atoms with Gasteiger partial charge in [0.2, 0.25) is 0 Å². The van der Waals surface area contributed by atoms with Crippen LogP contribution in [0.1, 0.15) is 19.4 Å². The first-order chi connectivity index (χ1) is 12.0. The Morgan fingerprint density at radius 2 is 2.12 bits per heavy atom. The number of rotatable bonds is 5. The van der Waals surface area contributed by atoms with Crippen molar-refractivity contribution in [2.24, 2.45) is 0 Å². The maximum atomic E-state index is 12.1. The first-order valence-electron chi connectivity index (χ1n) is 8.08. The van der Waals surface area contributed by atoms with Gasteiger partial charge >= 0.3 is 0 Å². The molecule has 1 atom stereocenters. The molecule has 0 aliphatic carbocycles. The third-order valence-corrected chi connectivity index (χ3v) is 5.41. The van der Waals surface area contributed by atoms with Crippen LogP contribution in [0.5, 0.6) is 5.75 Å². The number of hydrogen-bond donors (Lipinski definition) is 3. The summed E-state index contributed by atoms with van der Waals surface area (Å²) in [5.41, 5.74) is 2.87. The molecular formula is C18H24N2O4S. The van der Waals surface area contributed by atoms with E-state index in [1.807, 2.05) is 38.1 Å². The Morgan fingerprint density at radius 1 is 1.40 bits per heavy atom. The van der Waals surface area contributed by atoms with Gasteiger partial charge in [0.25, 0.3) is 5.91 Å². The van der Waals surface area contributed by atoms with Crippen LogP contribution < -0.4 is 10.2 Å². The van der Waals surface area contributed by atoms with Crippen LogP contribution in [0, 0.1) is 11.8 Å². The number of hydroxylamine groups is 1. The highest BCUT2D eigenvalue weighted by molar-refractivity contribution is 8.00. The zero-order valence-corrected chi connectivity index (χ0v) is 15.3. The minimum absolute atomic E-state index is 0.171. The zero-order valence-electron chi connectivity index (χ0n) is 14.5. The normalized spacial score (nSPS) is 19.6. The average molecular weight is 364 g/mol. The molecule has 0 radical (unpaired) electrons. The maximum Gasteiger partial charge on any atom is 0.262 e. The van der Waals surface area contributed by atoms with Crippen LogP contribution in [-0.4, -0.2) is 57.4 Å². The molecule has 25 heavy (non-hydrogen) atoms. The topological polar surface area (TPSA) is 82.0 Å². The molecule has 1 heterocycles. The summed E-state index contributed by atoms with van der Waals surface area (Å²) in [5.74, 6) is 6.49. The summed E-state index contributed by atoms with van der Waals surface area (Å²) in [6.07, 6.45) is 0. The zero-order chi connectivity index (χ0) is 18.3. The predicted molar refractivity (Wildman–Crippen MR) is 97.5 cm³/mol. The second-order valence-electron chi connectivity index (χ2n) is 6.25. The van der Waals surface area contributed by atoms with Gasteiger partial charge in [-0.2, -0.15) is 11.8 Å². The van der Waals surface area contributed by atoms with E-state index in [2.05, 4.69) is 16.7 Å². The molecule has 0 saturated carbocycles. The Labute approximate surface area is 152 Å². The molecule has 1 aliphatic heterocycles. The number of ether oxygens (including phenoxy) is 1. The van der Waals surface area contributed by atoms with Crippen LogP contribution in [0.4, 0.5) is 0 Å². The van der Waals surface area contributed by atoms with Crippen molar-refractivity contribution in [2.75, 3.05) is 25.5 Å². The van der Waals surface area contributed by atoms with Crippen molar-refractivity contribution < 1.29 is 19.8 Å². The van der Waals surface area contributed by atoms with E-state index in [1.54, 1.807) is 17.2 Å². The Bertz CT molecular complexity index is 637. The fourth-order valence-corrected chi connectivity index (χ4v) is 4.20. The number of benzene rings is 1. The van der Waals surface area contributed by atoms with Gasteiger partial charge in [0.15, 0.2) is 0 Å². The van der Waals surface area contributed by atoms with E-state index in [-0.39, 0.29) is 23.9 Å². The monoisotopic (exact) mass is 364 g/mol. The molecule has 0 bridgehead atoms. The van der Waals surface area contributed by atoms with Gasteiger partial charge in [0.1, 0.15) is 25.0 Å². The number of hydrogen-bond acceptors (Lipinski definition) is 6. The van der Waals surface area contributed by atoms with Gasteiger partial charge in [-0.15, -0.1) is 0 Å². The van der Waals surface area contributed by atoms with E-state index < -0.39 is 6.04 Å². The lowest BCUT2D eigenvalue weighted by atomic mass is 9.99. The van der Waals surface area contributed by atoms with E-state index in [0.29, 0.717) is 12.3 Å². The van der Waals surface area contributed by atoms with Crippen LogP contribution in [0.2, 0.25) is 0 Å². The average Bonchev–Trinajstić information content (AvgIpc) is 2.59. The van der Waals surface area contributed by atoms with Gasteiger partial charge in [0.05, 0.1) is 0 Å². The number of carbonyl (C=O) groups excluding carboxylic acids is 1. The molecule has 6 nitrogen and oxygen atoms in total. The highest BCUT2D eigenvalue weighted by Crippen LogP contribution is 2.36. The Hall–Kier alpha value is -1.72. The molecule has 1 saturated heterocycles. The van der Waals surface area contributed by atoms with Gasteiger partial charge < -0.3 is 9.84 Å². The minimum Gasteiger partial charge on any atom is -0.481 e. The van der Waals surface area contributed by atoms with Crippen molar-refractivity contribution in [2.45, 2.75) is 31.2 Å². The lowest BCUT2D eigenvalue weighted by molar-refractivity contribution is -0.136. The van der Waals surface area contributed by atoms with Crippen LogP contribution >= 0.6 is 11.8 Å². The molecule has 7 heteroatoms. The molecule has 0 spiro atoms. The molecular weight excluding hydrogens is 340 g/mol. The fraction of sp³-hybridized carbons (Fsp3) is 0.500. The van der Waals surface area contributed by atoms with E-state index in [9.17, 15) is 4.79 Å². The van der Waals surface area contributed by atoms with Gasteiger partial charge in [-0.05, 0) is 31.5 Å². The van der Waals surface area contributed by atoms with Crippen molar-refractivity contribution in [3.8, 4) is 17.6 Å². The quantitative estimate of drug-likeness (QED) is 0.415. The molecule has 136 valence electrons. The van der Waals surface area contributed by atoms with Gasteiger partial charge in [0, 0.05) is 23.6 Å². The first-order valence-corrected chi connectivity index (χ1v) is 9.07. The Morgan fingerprint density at radius 3 is 2.76 bits per heavy atom. The maximum absolute atomic E-state index is 12.1. The predicted octanol–water partition coefficient (Wildman–Crippen LogP) is 1.26. The summed E-state index contributed by atoms with van der Waals surface area (Å²) < 4.78 is 5.19. The van der Waals surface area contributed by atoms with E-state index in [1.165, 1.54) is 0 Å². The van der Waals surface area contributed by atoms with Crippen LogP contribution in [0.15, 0.2) is 24.3 Å². The fourth-order valence-electron chi connectivity index (χ4n) is 2.94. The van der Waals surface area contributed by atoms with Gasteiger partial charge in [-0.25, -0.2) is 5.48 Å². The summed E-state index contributed by atoms with van der Waals surface area (Å²) in [4.78, 5) is 14.2. The second-order valence-corrected chi connectivity index (χ2v) is 7.99. The number of aliphatic hydroxyl groups is 1. The highest BCUT2D eigenvalue weighted by Gasteiger charge is 2.42. The lowest BCUT2D eigenvalue weighted by Crippen LogP contribution is -2.59. The third kappa shape index (κ3) is 5.38. The Kier molecular flexibility index (Phi) is 7.14. The standard InChI is InChI=1S/C18H24N2O4S/c1-18(2)16(17(22)19-23)20(9-12-25-18)13-14-5-7-15(8-6-14)24-11-4-3-10-21/h5-8,16,21,23H,9-13H2,1-2H3,(H,19,22)/t16-/m0/s1. The Balaban J connectivity index is 2.03. The molecule has 1 fully saturated rings. The molecule has 0 unspecified atom stereocenters. The van der Waals surface area contributed by atoms with Crippen molar-refractivity contribution in [3.05, 3.63) is 29.8 Å². The second kappa shape index (κ2) is 9.11. The smallest absolute Gasteiger partial charge is 0.262 e. The van der Waals surface area contributed by atoms with E-state index >= 15 is 0 Å². The summed E-state index contributed by atoms with van der Waals surface area (Å²) in [6, 6.07) is 7.23. The number of aliphatic hydroxyl groups excluding tert-OH is 1. The largest absolute Gasteiger partial charge is 0.481 e. The van der Waals surface area contributed by atoms with Crippen molar-refractivity contribution in [1.29, 1.82) is 0 Å². The molecule has 1 amide bonds. The number of nitrogens with zero attached hydrogens (tertiary/aromatic N) is 1. The SMILES string of the molecule is CC1(C)SCCN(Cc2ccc(OCC#CCO)cc2)[C@H]1C(=O)NO. The van der Waals surface area contributed by atoms with E-state index in [4.69, 9.17) is 15.1 Å². The number of thioether (sulfide) groups is 1. The van der Waals surface area contributed by atoms with Crippen LogP contribution in [0.3, 0.4) is 0 Å². The summed E-state index contributed by atoms with van der Waals surface area (Å²) in [6.45, 7) is 5.50. The van der Waals surface area contributed by atoms with Gasteiger partial charge in [-0.1, -0.05) is 24.0 Å². The van der Waals surface area contributed by atoms with Crippen molar-refractivity contribution in [1.82, 2.24) is 10.4 Å². The van der Waals surface area contributed by atoms with Crippen LogP contribution in [0.25, 0.3) is 0 Å². The van der Waals surface area contributed by atoms with Crippen molar-refractivity contribution in [3.63, 3.8) is 0 Å². The number of amides is 1. The summed E-state index contributed by atoms with van der Waals surface area (Å²) in [7, 11) is 0. The molecule has 1 aliphatic rings. The lowest BCUT2D eigenvalue weighted by Gasteiger charge is -2.44. The van der Waals surface area contributed by atoms with Crippen molar-refractivity contribution >= 4 is 17.7 Å². The van der Waals surface area contributed by atoms with Crippen LogP contribution in [-0.2, 0) is 11.3 Å². The number of nitrogens with one attached hydrogen (secondary N) is 1. The molecule has 1 aromatic carbocycles. The molecule has 1 aromatic rings. The summed E-state index contributed by atoms with van der Waals surface area (Å²) >= 11 is 1.74. The molecule has 3 N–H and O–H groups in total. The first kappa shape index (κ1) is 19.6. The highest BCUT2D eigenvalue weighted by atomic mass is 32.2. The number of carbonyl (C=O) groups is 1. The van der Waals surface area contributed by atoms with Gasteiger partial charge in [-0.3, -0.25) is 14.9 Å². The molecule has 0 aromatic heterocycles. The molecule has 2 rings (SSSR count). The third-order valence-electron chi connectivity index (χ3n) is 4.06. The van der Waals surface area contributed by atoms with E-state index in [0.717, 1.165) is 17.9 Å².